The SMILES string of the molecule is COc1ccc(Br)cc1C1C[C@H](N)c2cc(C)ccc2O1. The average Bonchev–Trinajstić information content (AvgIpc) is 2.47. The molecule has 2 atom stereocenters. The van der Waals surface area contributed by atoms with Gasteiger partial charge in [0.25, 0.3) is 0 Å². The van der Waals surface area contributed by atoms with Gasteiger partial charge in [0, 0.05) is 28.1 Å². The number of hydrogen-bond donors (Lipinski definition) is 1. The zero-order chi connectivity index (χ0) is 15.0. The number of aryl methyl sites for hydroxylation is 1. The van der Waals surface area contributed by atoms with Crippen molar-refractivity contribution in [3.8, 4) is 11.5 Å². The third-order valence-electron chi connectivity index (χ3n) is 3.84. The van der Waals surface area contributed by atoms with Crippen molar-refractivity contribution in [2.24, 2.45) is 5.73 Å². The van der Waals surface area contributed by atoms with E-state index < -0.39 is 0 Å². The van der Waals surface area contributed by atoms with Crippen LogP contribution in [-0.2, 0) is 0 Å². The first kappa shape index (κ1) is 14.4. The molecule has 3 rings (SSSR count). The molecule has 110 valence electrons. The van der Waals surface area contributed by atoms with Crippen LogP contribution in [0.3, 0.4) is 0 Å². The number of fused-ring (bicyclic) bond motifs is 1. The second kappa shape index (κ2) is 5.70. The van der Waals surface area contributed by atoms with Crippen molar-refractivity contribution < 1.29 is 9.47 Å². The highest BCUT2D eigenvalue weighted by Gasteiger charge is 2.29. The van der Waals surface area contributed by atoms with E-state index in [0.717, 1.165) is 33.5 Å². The Morgan fingerprint density at radius 2 is 2.00 bits per heavy atom. The summed E-state index contributed by atoms with van der Waals surface area (Å²) in [6, 6.07) is 12.1. The lowest BCUT2D eigenvalue weighted by Crippen LogP contribution is -2.24. The summed E-state index contributed by atoms with van der Waals surface area (Å²) < 4.78 is 12.6. The van der Waals surface area contributed by atoms with Gasteiger partial charge in [-0.3, -0.25) is 0 Å². The van der Waals surface area contributed by atoms with Crippen molar-refractivity contribution >= 4 is 15.9 Å². The smallest absolute Gasteiger partial charge is 0.129 e. The van der Waals surface area contributed by atoms with Gasteiger partial charge in [-0.25, -0.2) is 0 Å². The molecule has 1 heterocycles. The molecular formula is C17H18BrNO2. The van der Waals surface area contributed by atoms with Crippen LogP contribution in [0.2, 0.25) is 0 Å². The van der Waals surface area contributed by atoms with Gasteiger partial charge >= 0.3 is 0 Å². The Labute approximate surface area is 133 Å². The highest BCUT2D eigenvalue weighted by Crippen LogP contribution is 2.42. The van der Waals surface area contributed by atoms with Gasteiger partial charge < -0.3 is 15.2 Å². The van der Waals surface area contributed by atoms with E-state index in [1.165, 1.54) is 5.56 Å². The minimum Gasteiger partial charge on any atom is -0.496 e. The fourth-order valence-corrected chi connectivity index (χ4v) is 3.15. The maximum Gasteiger partial charge on any atom is 0.129 e. The minimum atomic E-state index is -0.0948. The third-order valence-corrected chi connectivity index (χ3v) is 4.33. The van der Waals surface area contributed by atoms with Gasteiger partial charge in [0.05, 0.1) is 7.11 Å². The molecule has 0 fully saturated rings. The third kappa shape index (κ3) is 2.78. The van der Waals surface area contributed by atoms with E-state index in [1.807, 2.05) is 30.3 Å². The van der Waals surface area contributed by atoms with E-state index in [2.05, 4.69) is 28.9 Å². The molecule has 4 heteroatoms. The van der Waals surface area contributed by atoms with Crippen LogP contribution < -0.4 is 15.2 Å². The molecule has 0 radical (unpaired) electrons. The van der Waals surface area contributed by atoms with Gasteiger partial charge in [0.15, 0.2) is 0 Å². The van der Waals surface area contributed by atoms with Crippen molar-refractivity contribution in [1.82, 2.24) is 0 Å². The second-order valence-corrected chi connectivity index (χ2v) is 6.29. The van der Waals surface area contributed by atoms with Crippen molar-refractivity contribution in [3.05, 3.63) is 57.6 Å². The second-order valence-electron chi connectivity index (χ2n) is 5.38. The Balaban J connectivity index is 1.99. The predicted molar refractivity (Wildman–Crippen MR) is 86.8 cm³/mol. The Bertz CT molecular complexity index is 672. The average molecular weight is 348 g/mol. The summed E-state index contributed by atoms with van der Waals surface area (Å²) in [4.78, 5) is 0. The first-order valence-electron chi connectivity index (χ1n) is 6.94. The largest absolute Gasteiger partial charge is 0.496 e. The highest BCUT2D eigenvalue weighted by molar-refractivity contribution is 9.10. The number of ether oxygens (including phenoxy) is 2. The Morgan fingerprint density at radius 3 is 2.76 bits per heavy atom. The molecule has 1 aliphatic rings. The number of hydrogen-bond acceptors (Lipinski definition) is 3. The summed E-state index contributed by atoms with van der Waals surface area (Å²) in [6.45, 7) is 2.07. The molecular weight excluding hydrogens is 330 g/mol. The van der Waals surface area contributed by atoms with E-state index in [0.29, 0.717) is 0 Å². The van der Waals surface area contributed by atoms with E-state index in [9.17, 15) is 0 Å². The molecule has 0 amide bonds. The standard InChI is InChI=1S/C17H18BrNO2/c1-10-3-5-16-12(7-10)14(19)9-17(21-16)13-8-11(18)4-6-15(13)20-2/h3-8,14,17H,9,19H2,1-2H3/t14-,17?/m0/s1. The van der Waals surface area contributed by atoms with Crippen molar-refractivity contribution in [2.45, 2.75) is 25.5 Å². The van der Waals surface area contributed by atoms with E-state index in [-0.39, 0.29) is 12.1 Å². The van der Waals surface area contributed by atoms with Gasteiger partial charge in [-0.15, -0.1) is 0 Å². The summed E-state index contributed by atoms with van der Waals surface area (Å²) >= 11 is 3.51. The Hall–Kier alpha value is -1.52. The van der Waals surface area contributed by atoms with Crippen LogP contribution in [0.25, 0.3) is 0 Å². The highest BCUT2D eigenvalue weighted by atomic mass is 79.9. The topological polar surface area (TPSA) is 44.5 Å². The Kier molecular flexibility index (Phi) is 3.91. The summed E-state index contributed by atoms with van der Waals surface area (Å²) in [5, 5.41) is 0. The number of methoxy groups -OCH3 is 1. The van der Waals surface area contributed by atoms with Crippen LogP contribution in [0.4, 0.5) is 0 Å². The predicted octanol–water partition coefficient (Wildman–Crippen LogP) is 4.29. The van der Waals surface area contributed by atoms with E-state index in [1.54, 1.807) is 7.11 Å². The van der Waals surface area contributed by atoms with Crippen molar-refractivity contribution in [1.29, 1.82) is 0 Å². The Morgan fingerprint density at radius 1 is 1.19 bits per heavy atom. The zero-order valence-corrected chi connectivity index (χ0v) is 13.7. The molecule has 0 bridgehead atoms. The number of halogens is 1. The molecule has 0 aromatic heterocycles. The summed E-state index contributed by atoms with van der Waals surface area (Å²) in [5.41, 5.74) is 9.65. The molecule has 0 aliphatic carbocycles. The molecule has 1 unspecified atom stereocenters. The lowest BCUT2D eigenvalue weighted by atomic mass is 9.92. The maximum absolute atomic E-state index is 6.34. The normalized spacial score (nSPS) is 20.6. The minimum absolute atomic E-state index is 0.0256. The molecule has 1 aliphatic heterocycles. The van der Waals surface area contributed by atoms with Crippen LogP contribution >= 0.6 is 15.9 Å². The van der Waals surface area contributed by atoms with Crippen molar-refractivity contribution in [3.63, 3.8) is 0 Å². The maximum atomic E-state index is 6.34. The monoisotopic (exact) mass is 347 g/mol. The first-order chi connectivity index (χ1) is 10.1. The molecule has 0 saturated heterocycles. The fourth-order valence-electron chi connectivity index (χ4n) is 2.77. The fraction of sp³-hybridized carbons (Fsp3) is 0.294. The van der Waals surface area contributed by atoms with Crippen molar-refractivity contribution in [2.75, 3.05) is 7.11 Å². The summed E-state index contributed by atoms with van der Waals surface area (Å²) in [6.07, 6.45) is 0.645. The molecule has 0 spiro atoms. The lowest BCUT2D eigenvalue weighted by molar-refractivity contribution is 0.158. The van der Waals surface area contributed by atoms with Crippen LogP contribution in [0.1, 0.15) is 35.3 Å². The summed E-state index contributed by atoms with van der Waals surface area (Å²) in [5.74, 6) is 1.69. The molecule has 3 nitrogen and oxygen atoms in total. The van der Waals surface area contributed by atoms with E-state index in [4.69, 9.17) is 15.2 Å². The number of rotatable bonds is 2. The first-order valence-corrected chi connectivity index (χ1v) is 7.74. The van der Waals surface area contributed by atoms with Crippen LogP contribution in [0.15, 0.2) is 40.9 Å². The van der Waals surface area contributed by atoms with Crippen LogP contribution in [0, 0.1) is 6.92 Å². The quantitative estimate of drug-likeness (QED) is 0.881. The van der Waals surface area contributed by atoms with Crippen LogP contribution in [-0.4, -0.2) is 7.11 Å². The van der Waals surface area contributed by atoms with Crippen LogP contribution in [0.5, 0.6) is 11.5 Å². The number of nitrogens with two attached hydrogens (primary N) is 1. The zero-order valence-electron chi connectivity index (χ0n) is 12.1. The van der Waals surface area contributed by atoms with E-state index >= 15 is 0 Å². The summed E-state index contributed by atoms with van der Waals surface area (Å²) in [7, 11) is 1.67. The molecule has 2 aromatic carbocycles. The van der Waals surface area contributed by atoms with Gasteiger partial charge in [-0.05, 0) is 31.2 Å². The van der Waals surface area contributed by atoms with Gasteiger partial charge in [0.2, 0.25) is 0 Å². The van der Waals surface area contributed by atoms with Gasteiger partial charge in [-0.2, -0.15) is 0 Å². The lowest BCUT2D eigenvalue weighted by Gasteiger charge is -2.31. The molecule has 0 saturated carbocycles. The molecule has 2 N–H and O–H groups in total. The number of benzene rings is 2. The van der Waals surface area contributed by atoms with Gasteiger partial charge in [-0.1, -0.05) is 33.6 Å². The molecule has 21 heavy (non-hydrogen) atoms. The van der Waals surface area contributed by atoms with Gasteiger partial charge in [0.1, 0.15) is 17.6 Å². The molecule has 2 aromatic rings.